The average Bonchev–Trinajstić information content (AvgIpc) is 2.98. The fourth-order valence-electron chi connectivity index (χ4n) is 5.07. The first kappa shape index (κ1) is 32.3. The highest BCUT2D eigenvalue weighted by molar-refractivity contribution is 7.92. The first-order valence-electron chi connectivity index (χ1n) is 14.0. The van der Waals surface area contributed by atoms with Gasteiger partial charge in [-0.2, -0.15) is 13.2 Å². The Balaban J connectivity index is 1.71. The lowest BCUT2D eigenvalue weighted by Gasteiger charge is -2.33. The van der Waals surface area contributed by atoms with Crippen LogP contribution in [-0.4, -0.2) is 43.8 Å². The minimum atomic E-state index is -4.74. The highest BCUT2D eigenvalue weighted by atomic mass is 35.5. The third kappa shape index (κ3) is 8.29. The Hall–Kier alpha value is -3.57. The normalized spacial score (nSPS) is 15.0. The molecule has 1 atom stereocenters. The molecule has 0 saturated heterocycles. The second-order valence-electron chi connectivity index (χ2n) is 10.5. The number of nitrogens with one attached hydrogen (secondary N) is 1. The Bertz CT molecular complexity index is 1530. The Morgan fingerprint density at radius 1 is 0.953 bits per heavy atom. The predicted molar refractivity (Wildman–Crippen MR) is 159 cm³/mol. The monoisotopic (exact) mass is 635 g/mol. The number of halogens is 4. The predicted octanol–water partition coefficient (Wildman–Crippen LogP) is 6.42. The number of carbonyl (C=O) groups is 2. The van der Waals surface area contributed by atoms with Gasteiger partial charge in [-0.15, -0.1) is 0 Å². The van der Waals surface area contributed by atoms with Gasteiger partial charge in [0.25, 0.3) is 10.0 Å². The molecule has 7 nitrogen and oxygen atoms in total. The van der Waals surface area contributed by atoms with E-state index in [2.05, 4.69) is 5.32 Å². The van der Waals surface area contributed by atoms with Crippen molar-refractivity contribution >= 4 is 39.1 Å². The van der Waals surface area contributed by atoms with E-state index in [0.29, 0.717) is 21.0 Å². The van der Waals surface area contributed by atoms with Gasteiger partial charge < -0.3 is 10.2 Å². The van der Waals surface area contributed by atoms with Crippen LogP contribution in [0.2, 0.25) is 5.02 Å². The molecule has 43 heavy (non-hydrogen) atoms. The van der Waals surface area contributed by atoms with Crippen LogP contribution in [0, 0.1) is 0 Å². The topological polar surface area (TPSA) is 86.8 Å². The van der Waals surface area contributed by atoms with Crippen LogP contribution in [0.25, 0.3) is 0 Å². The van der Waals surface area contributed by atoms with Gasteiger partial charge in [-0.05, 0) is 67.8 Å². The minimum Gasteiger partial charge on any atom is -0.352 e. The van der Waals surface area contributed by atoms with Gasteiger partial charge in [0.2, 0.25) is 11.8 Å². The maximum absolute atomic E-state index is 14.0. The van der Waals surface area contributed by atoms with E-state index in [4.69, 9.17) is 11.6 Å². The van der Waals surface area contributed by atoms with Crippen LogP contribution in [0.15, 0.2) is 83.8 Å². The summed E-state index contributed by atoms with van der Waals surface area (Å²) < 4.78 is 69.1. The fraction of sp³-hybridized carbons (Fsp3) is 0.355. The molecule has 1 aliphatic rings. The fourth-order valence-corrected chi connectivity index (χ4v) is 6.71. The number of rotatable bonds is 10. The molecule has 3 aromatic rings. The molecule has 0 bridgehead atoms. The summed E-state index contributed by atoms with van der Waals surface area (Å²) in [6.45, 7) is 0.613. The molecule has 4 rings (SSSR count). The zero-order valence-corrected chi connectivity index (χ0v) is 25.1. The minimum absolute atomic E-state index is 0.0353. The van der Waals surface area contributed by atoms with E-state index in [1.165, 1.54) is 35.2 Å². The summed E-state index contributed by atoms with van der Waals surface area (Å²) in [5, 5.41) is 3.40. The van der Waals surface area contributed by atoms with E-state index in [1.54, 1.807) is 37.3 Å². The van der Waals surface area contributed by atoms with Crippen LogP contribution in [0.1, 0.15) is 50.2 Å². The molecule has 1 unspecified atom stereocenters. The number of amides is 2. The molecule has 0 heterocycles. The zero-order chi connectivity index (χ0) is 31.2. The molecule has 1 aliphatic carbocycles. The first-order chi connectivity index (χ1) is 20.4. The third-order valence-corrected chi connectivity index (χ3v) is 9.46. The first-order valence-corrected chi connectivity index (χ1v) is 15.8. The van der Waals surface area contributed by atoms with Crippen LogP contribution in [0.4, 0.5) is 18.9 Å². The maximum Gasteiger partial charge on any atom is 0.416 e. The quantitative estimate of drug-likeness (QED) is 0.279. The molecule has 0 aromatic heterocycles. The van der Waals surface area contributed by atoms with Crippen molar-refractivity contribution < 1.29 is 31.2 Å². The number of alkyl halides is 3. The number of carbonyl (C=O) groups excluding carboxylic acids is 2. The van der Waals surface area contributed by atoms with Crippen molar-refractivity contribution in [2.24, 2.45) is 0 Å². The van der Waals surface area contributed by atoms with Crippen LogP contribution >= 0.6 is 11.6 Å². The van der Waals surface area contributed by atoms with Gasteiger partial charge in [0.1, 0.15) is 12.6 Å². The molecule has 2 amide bonds. The van der Waals surface area contributed by atoms with E-state index in [0.717, 1.165) is 44.2 Å². The Kier molecular flexibility index (Phi) is 10.4. The summed E-state index contributed by atoms with van der Waals surface area (Å²) in [5.74, 6) is -1.18. The highest BCUT2D eigenvalue weighted by Gasteiger charge is 2.35. The summed E-state index contributed by atoms with van der Waals surface area (Å²) in [4.78, 5) is 28.4. The van der Waals surface area contributed by atoms with Gasteiger partial charge in [0.05, 0.1) is 16.1 Å². The van der Waals surface area contributed by atoms with Crippen molar-refractivity contribution in [2.75, 3.05) is 10.8 Å². The lowest BCUT2D eigenvalue weighted by molar-refractivity contribution is -0.139. The molecular formula is C31H33ClF3N3O4S. The second kappa shape index (κ2) is 13.8. The Morgan fingerprint density at radius 3 is 2.28 bits per heavy atom. The number of anilines is 1. The zero-order valence-electron chi connectivity index (χ0n) is 23.6. The summed E-state index contributed by atoms with van der Waals surface area (Å²) in [6.07, 6.45) is -0.0602. The van der Waals surface area contributed by atoms with Gasteiger partial charge >= 0.3 is 6.18 Å². The lowest BCUT2D eigenvalue weighted by Crippen LogP contribution is -2.53. The molecule has 1 fully saturated rings. The van der Waals surface area contributed by atoms with E-state index in [1.807, 2.05) is 0 Å². The van der Waals surface area contributed by atoms with Crippen LogP contribution in [0.3, 0.4) is 0 Å². The van der Waals surface area contributed by atoms with E-state index >= 15 is 0 Å². The highest BCUT2D eigenvalue weighted by Crippen LogP contribution is 2.33. The van der Waals surface area contributed by atoms with Gasteiger partial charge in [0.15, 0.2) is 0 Å². The van der Waals surface area contributed by atoms with Gasteiger partial charge in [0, 0.05) is 17.6 Å². The van der Waals surface area contributed by atoms with Gasteiger partial charge in [-0.25, -0.2) is 8.42 Å². The average molecular weight is 636 g/mol. The smallest absolute Gasteiger partial charge is 0.352 e. The van der Waals surface area contributed by atoms with E-state index in [-0.39, 0.29) is 23.2 Å². The van der Waals surface area contributed by atoms with Crippen LogP contribution < -0.4 is 9.62 Å². The second-order valence-corrected chi connectivity index (χ2v) is 12.8. The molecule has 1 N–H and O–H groups in total. The standard InChI is InChI=1S/C31H33ClF3N3O4S/c1-22(30(40)36-26-13-4-2-5-14-26)37(20-23-10-8-12-25(32)18-23)29(39)21-38(43(41,42)28-16-6-3-7-17-28)27-15-9-11-24(19-27)31(33,34)35/h3,6-12,15-19,22,26H,2,4-5,13-14,20-21H2,1H3,(H,36,40). The van der Waals surface area contributed by atoms with Crippen molar-refractivity contribution in [2.45, 2.75) is 68.7 Å². The van der Waals surface area contributed by atoms with Crippen LogP contribution in [0.5, 0.6) is 0 Å². The molecule has 1 saturated carbocycles. The molecule has 0 aliphatic heterocycles. The van der Waals surface area contributed by atoms with Crippen molar-refractivity contribution in [3.8, 4) is 0 Å². The van der Waals surface area contributed by atoms with E-state index in [9.17, 15) is 31.2 Å². The van der Waals surface area contributed by atoms with E-state index < -0.39 is 46.2 Å². The third-order valence-electron chi connectivity index (χ3n) is 7.43. The lowest BCUT2D eigenvalue weighted by atomic mass is 9.95. The number of nitrogens with zero attached hydrogens (tertiary/aromatic N) is 2. The largest absolute Gasteiger partial charge is 0.416 e. The molecule has 0 spiro atoms. The molecule has 0 radical (unpaired) electrons. The molecule has 3 aromatic carbocycles. The number of hydrogen-bond donors (Lipinski definition) is 1. The Labute approximate surface area is 254 Å². The Morgan fingerprint density at radius 2 is 1.63 bits per heavy atom. The number of hydrogen-bond acceptors (Lipinski definition) is 4. The summed E-state index contributed by atoms with van der Waals surface area (Å²) in [6, 6.07) is 16.5. The van der Waals surface area contributed by atoms with Crippen molar-refractivity contribution in [1.29, 1.82) is 0 Å². The SMILES string of the molecule is CC(C(=O)NC1CCCCC1)N(Cc1cccc(Cl)c1)C(=O)CN(c1cccc(C(F)(F)F)c1)S(=O)(=O)c1ccccc1. The summed E-state index contributed by atoms with van der Waals surface area (Å²) in [5.41, 5.74) is -0.814. The van der Waals surface area contributed by atoms with Gasteiger partial charge in [-0.1, -0.05) is 67.3 Å². The maximum atomic E-state index is 14.0. The van der Waals surface area contributed by atoms with Crippen molar-refractivity contribution in [3.05, 3.63) is 95.0 Å². The molecule has 12 heteroatoms. The molecular weight excluding hydrogens is 603 g/mol. The molecule has 230 valence electrons. The van der Waals surface area contributed by atoms with Crippen molar-refractivity contribution in [1.82, 2.24) is 10.2 Å². The number of sulfonamides is 1. The van der Waals surface area contributed by atoms with Crippen LogP contribution in [-0.2, 0) is 32.3 Å². The van der Waals surface area contributed by atoms with Gasteiger partial charge in [-0.3, -0.25) is 13.9 Å². The number of benzene rings is 3. The summed E-state index contributed by atoms with van der Waals surface area (Å²) >= 11 is 6.16. The summed E-state index contributed by atoms with van der Waals surface area (Å²) in [7, 11) is -4.50. The van der Waals surface area contributed by atoms with Crippen molar-refractivity contribution in [3.63, 3.8) is 0 Å².